The number of carbonyl (C=O) groups is 1. The van der Waals surface area contributed by atoms with Crippen molar-refractivity contribution in [1.82, 2.24) is 0 Å². The molecule has 4 heteroatoms. The van der Waals surface area contributed by atoms with Crippen molar-refractivity contribution in [3.05, 3.63) is 35.4 Å². The highest BCUT2D eigenvalue weighted by molar-refractivity contribution is 5.97. The predicted molar refractivity (Wildman–Crippen MR) is 81.6 cm³/mol. The highest BCUT2D eigenvalue weighted by Gasteiger charge is 2.09. The molecular formula is C17H21NO3. The van der Waals surface area contributed by atoms with E-state index in [1.54, 1.807) is 19.1 Å². The summed E-state index contributed by atoms with van der Waals surface area (Å²) in [6, 6.07) is 9.12. The van der Waals surface area contributed by atoms with Crippen LogP contribution in [0.15, 0.2) is 29.8 Å². The summed E-state index contributed by atoms with van der Waals surface area (Å²) in [4.78, 5) is 11.5. The fraction of sp³-hybridized carbons (Fsp3) is 0.412. The fourth-order valence-electron chi connectivity index (χ4n) is 1.59. The highest BCUT2D eigenvalue weighted by atomic mass is 16.5. The number of esters is 1. The molecule has 0 aliphatic rings. The molecule has 0 atom stereocenters. The number of hydrogen-bond acceptors (Lipinski definition) is 4. The summed E-state index contributed by atoms with van der Waals surface area (Å²) in [5.41, 5.74) is 0.751. The second kappa shape index (κ2) is 8.80. The number of carbonyl (C=O) groups excluding carboxylic acids is 1. The van der Waals surface area contributed by atoms with Crippen molar-refractivity contribution >= 4 is 12.0 Å². The van der Waals surface area contributed by atoms with Gasteiger partial charge in [-0.05, 0) is 43.0 Å². The molecule has 0 bridgehead atoms. The van der Waals surface area contributed by atoms with Crippen LogP contribution >= 0.6 is 0 Å². The van der Waals surface area contributed by atoms with E-state index in [4.69, 9.17) is 14.7 Å². The van der Waals surface area contributed by atoms with Crippen LogP contribution in [0.2, 0.25) is 0 Å². The van der Waals surface area contributed by atoms with Crippen LogP contribution in [0.25, 0.3) is 6.08 Å². The second-order valence-corrected chi connectivity index (χ2v) is 4.99. The van der Waals surface area contributed by atoms with E-state index >= 15 is 0 Å². The maximum Gasteiger partial charge on any atom is 0.348 e. The summed E-state index contributed by atoms with van der Waals surface area (Å²) in [5, 5.41) is 8.96. The van der Waals surface area contributed by atoms with E-state index < -0.39 is 5.97 Å². The first kappa shape index (κ1) is 16.8. The number of benzene rings is 1. The number of nitriles is 1. The topological polar surface area (TPSA) is 59.3 Å². The smallest absolute Gasteiger partial charge is 0.348 e. The lowest BCUT2D eigenvalue weighted by Gasteiger charge is -2.08. The number of rotatable bonds is 7. The lowest BCUT2D eigenvalue weighted by molar-refractivity contribution is -0.137. The maximum absolute atomic E-state index is 11.5. The van der Waals surface area contributed by atoms with Crippen LogP contribution in [0.1, 0.15) is 32.8 Å². The zero-order valence-electron chi connectivity index (χ0n) is 12.8. The third-order valence-corrected chi connectivity index (χ3v) is 2.77. The van der Waals surface area contributed by atoms with Crippen LogP contribution < -0.4 is 4.74 Å². The normalized spacial score (nSPS) is 11.1. The van der Waals surface area contributed by atoms with Gasteiger partial charge in [-0.1, -0.05) is 26.0 Å². The fourth-order valence-corrected chi connectivity index (χ4v) is 1.59. The Kier molecular flexibility index (Phi) is 7.03. The van der Waals surface area contributed by atoms with Gasteiger partial charge in [0.05, 0.1) is 13.2 Å². The Labute approximate surface area is 126 Å². The molecule has 0 unspecified atom stereocenters. The standard InChI is InChI=1S/C17H21NO3/c1-4-20-17(19)15(12-18)11-14-5-7-16(8-6-14)21-10-9-13(2)3/h5-8,11,13H,4,9-10H2,1-3H3/b15-11-. The molecule has 21 heavy (non-hydrogen) atoms. The summed E-state index contributed by atoms with van der Waals surface area (Å²) in [6.45, 7) is 6.93. The van der Waals surface area contributed by atoms with E-state index in [2.05, 4.69) is 13.8 Å². The van der Waals surface area contributed by atoms with Crippen LogP contribution in [-0.4, -0.2) is 19.2 Å². The Bertz CT molecular complexity index is 524. The molecular weight excluding hydrogens is 266 g/mol. The molecule has 0 aliphatic carbocycles. The van der Waals surface area contributed by atoms with Gasteiger partial charge < -0.3 is 9.47 Å². The Morgan fingerprint density at radius 2 is 2.00 bits per heavy atom. The lowest BCUT2D eigenvalue weighted by atomic mass is 10.1. The average Bonchev–Trinajstić information content (AvgIpc) is 2.46. The van der Waals surface area contributed by atoms with Crippen molar-refractivity contribution in [1.29, 1.82) is 5.26 Å². The van der Waals surface area contributed by atoms with Gasteiger partial charge in [-0.3, -0.25) is 0 Å². The average molecular weight is 287 g/mol. The van der Waals surface area contributed by atoms with E-state index in [0.717, 1.165) is 17.7 Å². The minimum atomic E-state index is -0.600. The molecule has 1 aromatic rings. The third-order valence-electron chi connectivity index (χ3n) is 2.77. The molecule has 1 aromatic carbocycles. The van der Waals surface area contributed by atoms with Crippen molar-refractivity contribution in [2.24, 2.45) is 5.92 Å². The van der Waals surface area contributed by atoms with Crippen LogP contribution in [-0.2, 0) is 9.53 Å². The Hall–Kier alpha value is -2.28. The Morgan fingerprint density at radius 1 is 1.33 bits per heavy atom. The first-order valence-corrected chi connectivity index (χ1v) is 7.08. The van der Waals surface area contributed by atoms with Gasteiger partial charge in [0.15, 0.2) is 0 Å². The summed E-state index contributed by atoms with van der Waals surface area (Å²) in [6.07, 6.45) is 2.51. The van der Waals surface area contributed by atoms with Gasteiger partial charge >= 0.3 is 5.97 Å². The summed E-state index contributed by atoms with van der Waals surface area (Å²) in [5.74, 6) is 0.787. The minimum absolute atomic E-state index is 0.00896. The first-order valence-electron chi connectivity index (χ1n) is 7.08. The highest BCUT2D eigenvalue weighted by Crippen LogP contribution is 2.15. The SMILES string of the molecule is CCOC(=O)/C(C#N)=C\c1ccc(OCCC(C)C)cc1. The molecule has 0 amide bonds. The summed E-state index contributed by atoms with van der Waals surface area (Å²) in [7, 11) is 0. The van der Waals surface area contributed by atoms with Gasteiger partial charge in [0.1, 0.15) is 17.4 Å². The van der Waals surface area contributed by atoms with E-state index in [1.807, 2.05) is 18.2 Å². The van der Waals surface area contributed by atoms with Crippen molar-refractivity contribution < 1.29 is 14.3 Å². The largest absolute Gasteiger partial charge is 0.494 e. The molecule has 4 nitrogen and oxygen atoms in total. The molecule has 0 saturated carbocycles. The van der Waals surface area contributed by atoms with E-state index in [0.29, 0.717) is 12.5 Å². The van der Waals surface area contributed by atoms with E-state index in [-0.39, 0.29) is 12.2 Å². The van der Waals surface area contributed by atoms with Crippen molar-refractivity contribution in [3.63, 3.8) is 0 Å². The molecule has 0 radical (unpaired) electrons. The zero-order chi connectivity index (χ0) is 15.7. The van der Waals surface area contributed by atoms with Gasteiger partial charge in [-0.15, -0.1) is 0 Å². The molecule has 0 saturated heterocycles. The van der Waals surface area contributed by atoms with Crippen LogP contribution in [0.4, 0.5) is 0 Å². The Balaban J connectivity index is 2.69. The Morgan fingerprint density at radius 3 is 2.52 bits per heavy atom. The number of nitrogens with zero attached hydrogens (tertiary/aromatic N) is 1. The number of hydrogen-bond donors (Lipinski definition) is 0. The van der Waals surface area contributed by atoms with Gasteiger partial charge in [-0.25, -0.2) is 4.79 Å². The van der Waals surface area contributed by atoms with Gasteiger partial charge in [-0.2, -0.15) is 5.26 Å². The maximum atomic E-state index is 11.5. The molecule has 0 fully saturated rings. The lowest BCUT2D eigenvalue weighted by Crippen LogP contribution is -2.06. The summed E-state index contributed by atoms with van der Waals surface area (Å²) >= 11 is 0. The van der Waals surface area contributed by atoms with Crippen LogP contribution in [0.5, 0.6) is 5.75 Å². The first-order chi connectivity index (χ1) is 10.1. The van der Waals surface area contributed by atoms with Gasteiger partial charge in [0.25, 0.3) is 0 Å². The van der Waals surface area contributed by atoms with Crippen LogP contribution in [0.3, 0.4) is 0 Å². The number of ether oxygens (including phenoxy) is 2. The van der Waals surface area contributed by atoms with Crippen LogP contribution in [0, 0.1) is 17.2 Å². The summed E-state index contributed by atoms with van der Waals surface area (Å²) < 4.78 is 10.4. The molecule has 112 valence electrons. The molecule has 1 rings (SSSR count). The molecule has 0 aliphatic heterocycles. The second-order valence-electron chi connectivity index (χ2n) is 4.99. The van der Waals surface area contributed by atoms with E-state index in [1.165, 1.54) is 6.08 Å². The third kappa shape index (κ3) is 6.13. The predicted octanol–water partition coefficient (Wildman–Crippen LogP) is 3.58. The zero-order valence-corrected chi connectivity index (χ0v) is 12.8. The van der Waals surface area contributed by atoms with Crippen molar-refractivity contribution in [3.8, 4) is 11.8 Å². The van der Waals surface area contributed by atoms with Gasteiger partial charge in [0.2, 0.25) is 0 Å². The van der Waals surface area contributed by atoms with Crippen molar-refractivity contribution in [2.75, 3.05) is 13.2 Å². The molecule has 0 heterocycles. The van der Waals surface area contributed by atoms with E-state index in [9.17, 15) is 4.79 Å². The molecule has 0 N–H and O–H groups in total. The minimum Gasteiger partial charge on any atom is -0.494 e. The molecule has 0 spiro atoms. The molecule has 0 aromatic heterocycles. The van der Waals surface area contributed by atoms with Crippen molar-refractivity contribution in [2.45, 2.75) is 27.2 Å². The van der Waals surface area contributed by atoms with Gasteiger partial charge in [0, 0.05) is 0 Å². The quantitative estimate of drug-likeness (QED) is 0.437. The monoisotopic (exact) mass is 287 g/mol.